The zero-order valence-corrected chi connectivity index (χ0v) is 24.2. The molecule has 9 heteroatoms. The molecule has 0 saturated heterocycles. The number of aryl methyl sites for hydroxylation is 1. The minimum absolute atomic E-state index is 0.104. The minimum atomic E-state index is -0.428. The second-order valence-corrected chi connectivity index (χ2v) is 10.9. The van der Waals surface area contributed by atoms with Crippen LogP contribution in [0.2, 0.25) is 20.1 Å². The van der Waals surface area contributed by atoms with Crippen molar-refractivity contribution in [2.24, 2.45) is 0 Å². The van der Waals surface area contributed by atoms with Gasteiger partial charge in [0.15, 0.2) is 6.04 Å². The van der Waals surface area contributed by atoms with Crippen LogP contribution in [0.4, 0.5) is 5.69 Å². The van der Waals surface area contributed by atoms with Crippen molar-refractivity contribution in [3.63, 3.8) is 0 Å². The zero-order chi connectivity index (χ0) is 27.4. The largest absolute Gasteiger partial charge is 0.365 e. The number of aromatic nitrogens is 2. The van der Waals surface area contributed by atoms with Gasteiger partial charge in [-0.1, -0.05) is 70.7 Å². The Labute approximate surface area is 242 Å². The molecule has 0 saturated carbocycles. The molecule has 3 aromatic carbocycles. The third kappa shape index (κ3) is 6.90. The van der Waals surface area contributed by atoms with E-state index in [9.17, 15) is 4.79 Å². The summed E-state index contributed by atoms with van der Waals surface area (Å²) in [5, 5.41) is 5.18. The summed E-state index contributed by atoms with van der Waals surface area (Å²) in [6.07, 6.45) is 5.23. The molecule has 2 atom stereocenters. The van der Waals surface area contributed by atoms with E-state index >= 15 is 0 Å². The minimum Gasteiger partial charge on any atom is -0.365 e. The Morgan fingerprint density at radius 2 is 1.71 bits per heavy atom. The summed E-state index contributed by atoms with van der Waals surface area (Å²) in [7, 11) is 0. The van der Waals surface area contributed by atoms with Crippen molar-refractivity contribution in [3.8, 4) is 0 Å². The van der Waals surface area contributed by atoms with E-state index < -0.39 is 12.1 Å². The van der Waals surface area contributed by atoms with Gasteiger partial charge in [-0.2, -0.15) is 0 Å². The predicted molar refractivity (Wildman–Crippen MR) is 154 cm³/mol. The number of imidazole rings is 1. The Morgan fingerprint density at radius 3 is 2.42 bits per heavy atom. The van der Waals surface area contributed by atoms with Gasteiger partial charge in [-0.3, -0.25) is 4.79 Å². The molecular weight excluding hydrogens is 564 g/mol. The molecule has 1 N–H and O–H groups in total. The molecule has 0 aliphatic carbocycles. The van der Waals surface area contributed by atoms with Crippen molar-refractivity contribution >= 4 is 58.0 Å². The highest BCUT2D eigenvalue weighted by molar-refractivity contribution is 6.35. The first-order valence-electron chi connectivity index (χ1n) is 12.1. The molecule has 5 nitrogen and oxygen atoms in total. The predicted octanol–water partition coefficient (Wildman–Crippen LogP) is 8.16. The van der Waals surface area contributed by atoms with E-state index in [1.165, 1.54) is 0 Å². The second kappa shape index (κ2) is 12.5. The van der Waals surface area contributed by atoms with Crippen LogP contribution < -0.4 is 9.88 Å². The van der Waals surface area contributed by atoms with Gasteiger partial charge >= 0.3 is 0 Å². The van der Waals surface area contributed by atoms with E-state index in [0.29, 0.717) is 26.6 Å². The number of hydrogen-bond donors (Lipinski definition) is 1. The van der Waals surface area contributed by atoms with Gasteiger partial charge < -0.3 is 10.1 Å². The van der Waals surface area contributed by atoms with Crippen molar-refractivity contribution in [3.05, 3.63) is 116 Å². The van der Waals surface area contributed by atoms with E-state index in [1.807, 2.05) is 79.0 Å². The van der Waals surface area contributed by atoms with E-state index in [2.05, 4.69) is 5.32 Å². The first-order chi connectivity index (χ1) is 18.1. The highest BCUT2D eigenvalue weighted by atomic mass is 35.5. The summed E-state index contributed by atoms with van der Waals surface area (Å²) in [5.41, 5.74) is 4.60. The van der Waals surface area contributed by atoms with E-state index in [0.717, 1.165) is 27.9 Å². The highest BCUT2D eigenvalue weighted by Gasteiger charge is 2.24. The third-order valence-electron chi connectivity index (χ3n) is 6.54. The molecule has 0 spiro atoms. The Kier molecular flexibility index (Phi) is 9.40. The van der Waals surface area contributed by atoms with Crippen molar-refractivity contribution in [2.75, 3.05) is 5.32 Å². The number of amides is 1. The Balaban J connectivity index is 1.51. The molecule has 4 rings (SSSR count). The highest BCUT2D eigenvalue weighted by Crippen LogP contribution is 2.31. The van der Waals surface area contributed by atoms with Gasteiger partial charge in [0, 0.05) is 31.3 Å². The smallest absolute Gasteiger partial charge is 0.269 e. The summed E-state index contributed by atoms with van der Waals surface area (Å²) >= 11 is 25.1. The van der Waals surface area contributed by atoms with Crippen LogP contribution in [-0.4, -0.2) is 10.5 Å². The average Bonchev–Trinajstić information content (AvgIpc) is 3.33. The molecule has 38 heavy (non-hydrogen) atoms. The Morgan fingerprint density at radius 1 is 1.00 bits per heavy atom. The van der Waals surface area contributed by atoms with Crippen LogP contribution in [0, 0.1) is 13.8 Å². The third-order valence-corrected chi connectivity index (χ3v) is 7.69. The molecule has 0 aliphatic heterocycles. The summed E-state index contributed by atoms with van der Waals surface area (Å²) in [6.45, 7) is 6.59. The SMILES string of the molecule is Cc1cccc(NC(=O)C(C)n2cc[n+](CC(OCc3ccc(Cl)cc3Cl)c3ccc(Cl)cc3Cl)c2)c1C. The van der Waals surface area contributed by atoms with Gasteiger partial charge in [-0.25, -0.2) is 9.13 Å². The fourth-order valence-electron chi connectivity index (χ4n) is 4.03. The zero-order valence-electron chi connectivity index (χ0n) is 21.2. The van der Waals surface area contributed by atoms with Crippen LogP contribution in [0.1, 0.15) is 41.3 Å². The lowest BCUT2D eigenvalue weighted by Crippen LogP contribution is -2.36. The van der Waals surface area contributed by atoms with Crippen molar-refractivity contribution in [2.45, 2.75) is 46.1 Å². The van der Waals surface area contributed by atoms with Gasteiger partial charge in [-0.05, 0) is 67.8 Å². The van der Waals surface area contributed by atoms with Crippen LogP contribution in [0.3, 0.4) is 0 Å². The van der Waals surface area contributed by atoms with Crippen LogP contribution in [0.5, 0.6) is 0 Å². The molecule has 1 heterocycles. The van der Waals surface area contributed by atoms with Crippen LogP contribution in [-0.2, 0) is 22.7 Å². The topological polar surface area (TPSA) is 47.1 Å². The van der Waals surface area contributed by atoms with Crippen LogP contribution in [0.15, 0.2) is 73.3 Å². The van der Waals surface area contributed by atoms with Crippen molar-refractivity contribution < 1.29 is 14.1 Å². The standard InChI is InChI=1S/C29H27Cl4N3O2/c1-18-5-4-6-27(19(18)2)34-29(37)20(3)36-12-11-35(17-36)15-28(24-10-9-23(31)14-26(24)33)38-16-21-7-8-22(30)13-25(21)32/h4-14,17,20,28H,15-16H2,1-3H3/p+1. The van der Waals surface area contributed by atoms with E-state index in [1.54, 1.807) is 24.3 Å². The second-order valence-electron chi connectivity index (χ2n) is 9.17. The maximum atomic E-state index is 13.0. The summed E-state index contributed by atoms with van der Waals surface area (Å²) in [5.74, 6) is -0.104. The molecule has 0 bridgehead atoms. The van der Waals surface area contributed by atoms with Gasteiger partial charge in [-0.15, -0.1) is 0 Å². The maximum absolute atomic E-state index is 13.0. The molecule has 2 unspecified atom stereocenters. The van der Waals surface area contributed by atoms with Crippen molar-refractivity contribution in [1.82, 2.24) is 4.57 Å². The van der Waals surface area contributed by atoms with Gasteiger partial charge in [0.2, 0.25) is 6.33 Å². The lowest BCUT2D eigenvalue weighted by Gasteiger charge is -2.19. The number of carbonyl (C=O) groups excluding carboxylic acids is 1. The van der Waals surface area contributed by atoms with Crippen LogP contribution in [0.25, 0.3) is 0 Å². The molecule has 4 aromatic rings. The lowest BCUT2D eigenvalue weighted by atomic mass is 10.1. The number of carbonyl (C=O) groups is 1. The van der Waals surface area contributed by atoms with Crippen LogP contribution >= 0.6 is 46.4 Å². The van der Waals surface area contributed by atoms with E-state index in [-0.39, 0.29) is 12.5 Å². The number of ether oxygens (including phenoxy) is 1. The quantitative estimate of drug-likeness (QED) is 0.200. The molecule has 1 aromatic heterocycles. The first-order valence-corrected chi connectivity index (χ1v) is 13.6. The number of nitrogens with zero attached hydrogens (tertiary/aromatic N) is 2. The number of rotatable bonds is 9. The number of halogens is 4. The van der Waals surface area contributed by atoms with Gasteiger partial charge in [0.25, 0.3) is 5.91 Å². The van der Waals surface area contributed by atoms with Crippen molar-refractivity contribution in [1.29, 1.82) is 0 Å². The summed E-state index contributed by atoms with van der Waals surface area (Å²) in [6, 6.07) is 16.1. The van der Waals surface area contributed by atoms with Gasteiger partial charge in [0.1, 0.15) is 25.0 Å². The monoisotopic (exact) mass is 590 g/mol. The number of anilines is 1. The molecule has 0 radical (unpaired) electrons. The summed E-state index contributed by atoms with van der Waals surface area (Å²) < 4.78 is 10.1. The molecule has 0 aliphatic rings. The number of hydrogen-bond acceptors (Lipinski definition) is 2. The average molecular weight is 592 g/mol. The fourth-order valence-corrected chi connectivity index (χ4v) is 5.02. The normalized spacial score (nSPS) is 12.8. The number of benzene rings is 3. The van der Waals surface area contributed by atoms with E-state index in [4.69, 9.17) is 51.1 Å². The summed E-state index contributed by atoms with van der Waals surface area (Å²) in [4.78, 5) is 13.0. The lowest BCUT2D eigenvalue weighted by molar-refractivity contribution is -0.705. The Bertz CT molecular complexity index is 1450. The molecule has 1 amide bonds. The number of nitrogens with one attached hydrogen (secondary N) is 1. The maximum Gasteiger partial charge on any atom is 0.269 e. The van der Waals surface area contributed by atoms with Gasteiger partial charge in [0.05, 0.1) is 6.61 Å². The molecular formula is C29H28Cl4N3O2+. The Hall–Kier alpha value is -2.54. The first kappa shape index (κ1) is 28.5. The molecule has 198 valence electrons. The fraction of sp³-hybridized carbons (Fsp3) is 0.241. The molecule has 0 fully saturated rings.